The SMILES string of the molecule is Cc1nc2n(n1)CCN(C(=O)c1cccc(O)c1)CCCC(=O)N1CCCC[C@H]1C(=O)N[C@@H]2Cc1ccccc1. The van der Waals surface area contributed by atoms with Gasteiger partial charge in [-0.15, -0.1) is 0 Å². The summed E-state index contributed by atoms with van der Waals surface area (Å²) in [4.78, 5) is 48.6. The number of fused-ring (bicyclic) bond motifs is 2. The van der Waals surface area contributed by atoms with Crippen LogP contribution in [0.5, 0.6) is 5.75 Å². The second-order valence-corrected chi connectivity index (χ2v) is 10.5. The van der Waals surface area contributed by atoms with Gasteiger partial charge in [0.15, 0.2) is 0 Å². The van der Waals surface area contributed by atoms with Crippen molar-refractivity contribution in [2.24, 2.45) is 0 Å². The van der Waals surface area contributed by atoms with E-state index >= 15 is 0 Å². The molecule has 5 rings (SSSR count). The van der Waals surface area contributed by atoms with Crippen LogP contribution < -0.4 is 5.32 Å². The second-order valence-electron chi connectivity index (χ2n) is 10.5. The standard InChI is InChI=1S/C30H36N6O4/c1-21-31-28-25(19-22-9-3-2-4-10-22)32-29(39)26-13-5-6-16-35(26)27(38)14-8-15-34(17-18-36(28)33-21)30(40)23-11-7-12-24(37)20-23/h2-4,7,9-12,20,25-26,37H,5-6,8,13-19H2,1H3,(H,32,39)/t25-,26+/m1/s1. The molecule has 3 amide bonds. The molecular weight excluding hydrogens is 508 g/mol. The van der Waals surface area contributed by atoms with Gasteiger partial charge in [-0.2, -0.15) is 5.10 Å². The highest BCUT2D eigenvalue weighted by molar-refractivity contribution is 5.94. The van der Waals surface area contributed by atoms with Crippen LogP contribution in [0.25, 0.3) is 0 Å². The Labute approximate surface area is 234 Å². The van der Waals surface area contributed by atoms with Crippen molar-refractivity contribution in [2.45, 2.75) is 64.1 Å². The zero-order valence-electron chi connectivity index (χ0n) is 22.8. The Hall–Kier alpha value is -4.21. The highest BCUT2D eigenvalue weighted by Gasteiger charge is 2.34. The molecule has 40 heavy (non-hydrogen) atoms. The summed E-state index contributed by atoms with van der Waals surface area (Å²) in [5.74, 6) is 0.753. The fraction of sp³-hybridized carbons (Fsp3) is 0.433. The van der Waals surface area contributed by atoms with Crippen LogP contribution in [0.3, 0.4) is 0 Å². The second kappa shape index (κ2) is 12.3. The van der Waals surface area contributed by atoms with Gasteiger partial charge >= 0.3 is 0 Å². The first kappa shape index (κ1) is 27.4. The molecule has 0 aliphatic carbocycles. The molecule has 1 saturated heterocycles. The number of carbonyl (C=O) groups excluding carboxylic acids is 3. The van der Waals surface area contributed by atoms with Crippen LogP contribution in [-0.4, -0.2) is 73.1 Å². The van der Waals surface area contributed by atoms with Crippen molar-refractivity contribution in [3.8, 4) is 5.75 Å². The molecule has 0 spiro atoms. The molecule has 10 nitrogen and oxygen atoms in total. The molecule has 3 heterocycles. The number of hydrogen-bond donors (Lipinski definition) is 2. The van der Waals surface area contributed by atoms with Crippen molar-refractivity contribution in [3.05, 3.63) is 77.4 Å². The van der Waals surface area contributed by atoms with E-state index in [9.17, 15) is 19.5 Å². The van der Waals surface area contributed by atoms with Crippen molar-refractivity contribution >= 4 is 17.7 Å². The van der Waals surface area contributed by atoms with Crippen LogP contribution in [0, 0.1) is 6.92 Å². The highest BCUT2D eigenvalue weighted by Crippen LogP contribution is 2.23. The van der Waals surface area contributed by atoms with E-state index in [2.05, 4.69) is 10.4 Å². The molecule has 0 saturated carbocycles. The lowest BCUT2D eigenvalue weighted by Gasteiger charge is -2.36. The summed E-state index contributed by atoms with van der Waals surface area (Å²) in [5, 5.41) is 17.8. The van der Waals surface area contributed by atoms with Crippen molar-refractivity contribution in [1.29, 1.82) is 0 Å². The third-order valence-electron chi connectivity index (χ3n) is 7.62. The van der Waals surface area contributed by atoms with E-state index in [0.29, 0.717) is 62.7 Å². The largest absolute Gasteiger partial charge is 0.508 e. The van der Waals surface area contributed by atoms with E-state index < -0.39 is 12.1 Å². The Balaban J connectivity index is 1.50. The average Bonchev–Trinajstić information content (AvgIpc) is 3.34. The van der Waals surface area contributed by atoms with E-state index in [1.165, 1.54) is 12.1 Å². The summed E-state index contributed by atoms with van der Waals surface area (Å²) in [6.07, 6.45) is 3.58. The summed E-state index contributed by atoms with van der Waals surface area (Å²) >= 11 is 0. The minimum absolute atomic E-state index is 0.0212. The molecule has 0 unspecified atom stereocenters. The molecular formula is C30H36N6O4. The summed E-state index contributed by atoms with van der Waals surface area (Å²) in [6, 6.07) is 15.2. The zero-order chi connectivity index (χ0) is 28.1. The molecule has 1 fully saturated rings. The number of piperidine rings is 1. The first-order chi connectivity index (χ1) is 19.4. The van der Waals surface area contributed by atoms with Gasteiger partial charge in [0.05, 0.1) is 12.6 Å². The lowest BCUT2D eigenvalue weighted by atomic mass is 9.99. The maximum absolute atomic E-state index is 13.7. The predicted octanol–water partition coefficient (Wildman–Crippen LogP) is 3.01. The number of amides is 3. The molecule has 10 heteroatoms. The Morgan fingerprint density at radius 2 is 1.82 bits per heavy atom. The van der Waals surface area contributed by atoms with E-state index in [-0.39, 0.29) is 29.9 Å². The number of benzene rings is 2. The lowest BCUT2D eigenvalue weighted by Crippen LogP contribution is -2.53. The van der Waals surface area contributed by atoms with Crippen molar-refractivity contribution < 1.29 is 19.5 Å². The minimum Gasteiger partial charge on any atom is -0.508 e. The monoisotopic (exact) mass is 544 g/mol. The van der Waals surface area contributed by atoms with Crippen LogP contribution >= 0.6 is 0 Å². The molecule has 3 aromatic rings. The highest BCUT2D eigenvalue weighted by atomic mass is 16.3. The van der Waals surface area contributed by atoms with Crippen LogP contribution in [0.4, 0.5) is 0 Å². The van der Waals surface area contributed by atoms with Gasteiger partial charge in [0, 0.05) is 31.6 Å². The fourth-order valence-electron chi connectivity index (χ4n) is 5.64. The number of rotatable bonds is 3. The first-order valence-corrected chi connectivity index (χ1v) is 14.0. The summed E-state index contributed by atoms with van der Waals surface area (Å²) in [6.45, 7) is 3.41. The third-order valence-corrected chi connectivity index (χ3v) is 7.62. The number of aromatic hydroxyl groups is 1. The topological polar surface area (TPSA) is 121 Å². The van der Waals surface area contributed by atoms with Crippen LogP contribution in [-0.2, 0) is 22.6 Å². The molecule has 0 radical (unpaired) electrons. The molecule has 2 atom stereocenters. The summed E-state index contributed by atoms with van der Waals surface area (Å²) in [7, 11) is 0. The number of phenolic OH excluding ortho intramolecular Hbond substituents is 1. The summed E-state index contributed by atoms with van der Waals surface area (Å²) in [5.41, 5.74) is 1.42. The molecule has 210 valence electrons. The number of carbonyl (C=O) groups is 3. The number of phenols is 1. The Bertz CT molecular complexity index is 1360. The van der Waals surface area contributed by atoms with Crippen LogP contribution in [0.2, 0.25) is 0 Å². The smallest absolute Gasteiger partial charge is 0.254 e. The number of aromatic nitrogens is 3. The summed E-state index contributed by atoms with van der Waals surface area (Å²) < 4.78 is 1.78. The first-order valence-electron chi connectivity index (χ1n) is 14.0. The maximum Gasteiger partial charge on any atom is 0.254 e. The Kier molecular flexibility index (Phi) is 8.42. The molecule has 2 aromatic carbocycles. The van der Waals surface area contributed by atoms with Crippen molar-refractivity contribution in [1.82, 2.24) is 29.9 Å². The molecule has 2 aliphatic rings. The van der Waals surface area contributed by atoms with Gasteiger partial charge in [-0.1, -0.05) is 36.4 Å². The molecule has 2 N–H and O–H groups in total. The van der Waals surface area contributed by atoms with Crippen LogP contribution in [0.1, 0.15) is 65.7 Å². The van der Waals surface area contributed by atoms with Gasteiger partial charge in [-0.25, -0.2) is 9.67 Å². The van der Waals surface area contributed by atoms with Gasteiger partial charge in [0.25, 0.3) is 5.91 Å². The van der Waals surface area contributed by atoms with Crippen LogP contribution in [0.15, 0.2) is 54.6 Å². The van der Waals surface area contributed by atoms with Crippen molar-refractivity contribution in [2.75, 3.05) is 19.6 Å². The quantitative estimate of drug-likeness (QED) is 0.523. The minimum atomic E-state index is -0.537. The molecule has 2 aliphatic heterocycles. The van der Waals surface area contributed by atoms with Gasteiger partial charge < -0.3 is 20.2 Å². The van der Waals surface area contributed by atoms with E-state index in [1.54, 1.807) is 26.6 Å². The maximum atomic E-state index is 13.7. The molecule has 0 bridgehead atoms. The predicted molar refractivity (Wildman–Crippen MR) is 148 cm³/mol. The Morgan fingerprint density at radius 3 is 2.62 bits per heavy atom. The molecule has 1 aromatic heterocycles. The zero-order valence-corrected chi connectivity index (χ0v) is 22.8. The Morgan fingerprint density at radius 1 is 1.00 bits per heavy atom. The van der Waals surface area contributed by atoms with E-state index in [4.69, 9.17) is 4.98 Å². The lowest BCUT2D eigenvalue weighted by molar-refractivity contribution is -0.142. The number of nitrogens with one attached hydrogen (secondary N) is 1. The van der Waals surface area contributed by atoms with E-state index in [1.807, 2.05) is 37.3 Å². The van der Waals surface area contributed by atoms with Gasteiger partial charge in [-0.3, -0.25) is 14.4 Å². The third kappa shape index (κ3) is 6.32. The normalized spacial score (nSPS) is 20.7. The average molecular weight is 545 g/mol. The van der Waals surface area contributed by atoms with Gasteiger partial charge in [-0.05, 0) is 62.8 Å². The number of nitrogens with zero attached hydrogens (tertiary/aromatic N) is 5. The van der Waals surface area contributed by atoms with Crippen molar-refractivity contribution in [3.63, 3.8) is 0 Å². The van der Waals surface area contributed by atoms with Gasteiger partial charge in [0.1, 0.15) is 23.4 Å². The van der Waals surface area contributed by atoms with E-state index in [0.717, 1.165) is 18.4 Å². The van der Waals surface area contributed by atoms with Gasteiger partial charge in [0.2, 0.25) is 11.8 Å². The number of hydrogen-bond acceptors (Lipinski definition) is 6. The number of aryl methyl sites for hydroxylation is 1. The fourth-order valence-corrected chi connectivity index (χ4v) is 5.64.